The molecule has 0 bridgehead atoms. The molecule has 1 unspecified atom stereocenters. The topological polar surface area (TPSA) is 72.2 Å². The number of benzene rings is 1. The van der Waals surface area contributed by atoms with Crippen molar-refractivity contribution in [2.75, 3.05) is 12.4 Å². The van der Waals surface area contributed by atoms with E-state index in [1.807, 2.05) is 6.92 Å². The molecule has 6 heteroatoms. The van der Waals surface area contributed by atoms with Crippen LogP contribution in [0.15, 0.2) is 18.2 Å². The molecule has 0 aromatic heterocycles. The summed E-state index contributed by atoms with van der Waals surface area (Å²) in [5.74, 6) is 0.600. The molecule has 0 saturated carbocycles. The van der Waals surface area contributed by atoms with E-state index >= 15 is 0 Å². The first-order valence-electron chi connectivity index (χ1n) is 6.58. The summed E-state index contributed by atoms with van der Waals surface area (Å²) in [7, 11) is 0. The molecule has 5 nitrogen and oxygen atoms in total. The van der Waals surface area contributed by atoms with Gasteiger partial charge in [-0.05, 0) is 25.3 Å². The van der Waals surface area contributed by atoms with Crippen molar-refractivity contribution in [3.8, 4) is 0 Å². The molecule has 1 aromatic rings. The minimum absolute atomic E-state index is 0.0366. The molecule has 0 aliphatic rings. The van der Waals surface area contributed by atoms with Crippen LogP contribution in [-0.2, 0) is 0 Å². The first-order valence-corrected chi connectivity index (χ1v) is 7.12. The van der Waals surface area contributed by atoms with Crippen molar-refractivity contribution in [3.05, 3.63) is 39.4 Å². The summed E-state index contributed by atoms with van der Waals surface area (Å²) in [6.07, 6.45) is 1.77. The third-order valence-corrected chi connectivity index (χ3v) is 3.53. The summed E-state index contributed by atoms with van der Waals surface area (Å²) in [5, 5.41) is 13.7. The Labute approximate surface area is 123 Å². The number of carbonyl (C=O) groups is 1. The van der Waals surface area contributed by atoms with E-state index in [1.165, 1.54) is 6.07 Å². The van der Waals surface area contributed by atoms with E-state index in [0.29, 0.717) is 29.5 Å². The number of carbonyl (C=O) groups excluding carboxylic acids is 1. The summed E-state index contributed by atoms with van der Waals surface area (Å²) in [6.45, 7) is 4.22. The molecule has 1 N–H and O–H groups in total. The molecular weight excluding hydrogens is 280 g/mol. The van der Waals surface area contributed by atoms with Gasteiger partial charge in [0.15, 0.2) is 0 Å². The van der Waals surface area contributed by atoms with Gasteiger partial charge in [0.2, 0.25) is 0 Å². The van der Waals surface area contributed by atoms with Crippen molar-refractivity contribution in [2.45, 2.75) is 26.7 Å². The molecule has 1 rings (SSSR count). The number of halogens is 1. The number of nitro benzene ring substituents is 1. The van der Waals surface area contributed by atoms with Gasteiger partial charge in [0.05, 0.1) is 4.92 Å². The lowest BCUT2D eigenvalue weighted by molar-refractivity contribution is -0.385. The van der Waals surface area contributed by atoms with Crippen molar-refractivity contribution in [1.29, 1.82) is 0 Å². The predicted octanol–water partition coefficient (Wildman–Crippen LogP) is 3.29. The SMILES string of the molecule is CCC(CCCl)CNC(=O)c1ccc(C)c([N+](=O)[O-])c1. The van der Waals surface area contributed by atoms with Gasteiger partial charge in [0, 0.05) is 29.6 Å². The summed E-state index contributed by atoms with van der Waals surface area (Å²) < 4.78 is 0. The fourth-order valence-electron chi connectivity index (χ4n) is 1.89. The fraction of sp³-hybridized carbons (Fsp3) is 0.500. The maximum Gasteiger partial charge on any atom is 0.273 e. The number of alkyl halides is 1. The zero-order chi connectivity index (χ0) is 15.1. The van der Waals surface area contributed by atoms with E-state index in [9.17, 15) is 14.9 Å². The first-order chi connectivity index (χ1) is 9.49. The number of nitro groups is 1. The lowest BCUT2D eigenvalue weighted by Gasteiger charge is -2.14. The van der Waals surface area contributed by atoms with Crippen LogP contribution in [0, 0.1) is 23.0 Å². The van der Waals surface area contributed by atoms with Gasteiger partial charge in [0.25, 0.3) is 11.6 Å². The Hall–Kier alpha value is -1.62. The van der Waals surface area contributed by atoms with Crippen LogP contribution in [0.2, 0.25) is 0 Å². The van der Waals surface area contributed by atoms with Crippen LogP contribution < -0.4 is 5.32 Å². The minimum atomic E-state index is -0.478. The predicted molar refractivity (Wildman–Crippen MR) is 79.3 cm³/mol. The molecule has 0 spiro atoms. The Balaban J connectivity index is 2.73. The van der Waals surface area contributed by atoms with Gasteiger partial charge < -0.3 is 5.32 Å². The molecular formula is C14H19ClN2O3. The van der Waals surface area contributed by atoms with E-state index < -0.39 is 4.92 Å². The molecule has 1 aromatic carbocycles. The highest BCUT2D eigenvalue weighted by Gasteiger charge is 2.15. The van der Waals surface area contributed by atoms with Crippen LogP contribution in [0.4, 0.5) is 5.69 Å². The maximum atomic E-state index is 12.0. The molecule has 0 radical (unpaired) electrons. The monoisotopic (exact) mass is 298 g/mol. The zero-order valence-corrected chi connectivity index (χ0v) is 12.4. The standard InChI is InChI=1S/C14H19ClN2O3/c1-3-11(6-7-15)9-16-14(18)12-5-4-10(2)13(8-12)17(19)20/h4-5,8,11H,3,6-7,9H2,1-2H3,(H,16,18). The fourth-order valence-corrected chi connectivity index (χ4v) is 2.20. The molecule has 0 aliphatic carbocycles. The smallest absolute Gasteiger partial charge is 0.273 e. The highest BCUT2D eigenvalue weighted by Crippen LogP contribution is 2.19. The van der Waals surface area contributed by atoms with E-state index in [1.54, 1.807) is 19.1 Å². The van der Waals surface area contributed by atoms with Gasteiger partial charge in [-0.25, -0.2) is 0 Å². The Morgan fingerprint density at radius 3 is 2.75 bits per heavy atom. The Morgan fingerprint density at radius 2 is 2.20 bits per heavy atom. The Kier molecular flexibility index (Phi) is 6.45. The number of nitrogens with zero attached hydrogens (tertiary/aromatic N) is 1. The summed E-state index contributed by atoms with van der Waals surface area (Å²) in [6, 6.07) is 4.50. The van der Waals surface area contributed by atoms with Crippen LogP contribution in [0.25, 0.3) is 0 Å². The molecule has 0 aliphatic heterocycles. The van der Waals surface area contributed by atoms with Crippen molar-refractivity contribution in [2.24, 2.45) is 5.92 Å². The molecule has 1 amide bonds. The average Bonchev–Trinajstić information content (AvgIpc) is 2.43. The van der Waals surface area contributed by atoms with Gasteiger partial charge in [0.1, 0.15) is 0 Å². The minimum Gasteiger partial charge on any atom is -0.352 e. The molecule has 0 saturated heterocycles. The average molecular weight is 299 g/mol. The highest BCUT2D eigenvalue weighted by atomic mass is 35.5. The normalized spacial score (nSPS) is 11.9. The van der Waals surface area contributed by atoms with E-state index in [-0.39, 0.29) is 11.6 Å². The Bertz CT molecular complexity index is 491. The second kappa shape index (κ2) is 7.85. The number of amides is 1. The van der Waals surface area contributed by atoms with Crippen LogP contribution in [0.5, 0.6) is 0 Å². The van der Waals surface area contributed by atoms with Crippen LogP contribution in [0.3, 0.4) is 0 Å². The zero-order valence-electron chi connectivity index (χ0n) is 11.7. The van der Waals surface area contributed by atoms with Crippen LogP contribution in [-0.4, -0.2) is 23.3 Å². The number of nitrogens with one attached hydrogen (secondary N) is 1. The number of hydrogen-bond donors (Lipinski definition) is 1. The quantitative estimate of drug-likeness (QED) is 0.477. The van der Waals surface area contributed by atoms with Crippen molar-refractivity contribution in [3.63, 3.8) is 0 Å². The van der Waals surface area contributed by atoms with Gasteiger partial charge in [-0.3, -0.25) is 14.9 Å². The number of hydrogen-bond acceptors (Lipinski definition) is 3. The maximum absolute atomic E-state index is 12.0. The second-order valence-electron chi connectivity index (χ2n) is 4.72. The number of rotatable bonds is 7. The second-order valence-corrected chi connectivity index (χ2v) is 5.10. The van der Waals surface area contributed by atoms with Crippen molar-refractivity contribution >= 4 is 23.2 Å². The van der Waals surface area contributed by atoms with Crippen LogP contribution >= 0.6 is 11.6 Å². The summed E-state index contributed by atoms with van der Waals surface area (Å²) in [5.41, 5.74) is 0.814. The third kappa shape index (κ3) is 4.49. The first kappa shape index (κ1) is 16.4. The van der Waals surface area contributed by atoms with Gasteiger partial charge >= 0.3 is 0 Å². The largest absolute Gasteiger partial charge is 0.352 e. The lowest BCUT2D eigenvalue weighted by Crippen LogP contribution is -2.29. The van der Waals surface area contributed by atoms with E-state index in [0.717, 1.165) is 12.8 Å². The highest BCUT2D eigenvalue weighted by molar-refractivity contribution is 6.17. The molecule has 20 heavy (non-hydrogen) atoms. The lowest BCUT2D eigenvalue weighted by atomic mass is 10.0. The number of aryl methyl sites for hydroxylation is 1. The third-order valence-electron chi connectivity index (χ3n) is 3.31. The summed E-state index contributed by atoms with van der Waals surface area (Å²) >= 11 is 5.69. The van der Waals surface area contributed by atoms with Crippen molar-refractivity contribution in [1.82, 2.24) is 5.32 Å². The van der Waals surface area contributed by atoms with Gasteiger partial charge in [-0.2, -0.15) is 0 Å². The molecule has 110 valence electrons. The van der Waals surface area contributed by atoms with E-state index in [2.05, 4.69) is 5.32 Å². The van der Waals surface area contributed by atoms with Gasteiger partial charge in [-0.15, -0.1) is 11.6 Å². The van der Waals surface area contributed by atoms with Crippen molar-refractivity contribution < 1.29 is 9.72 Å². The molecule has 0 fully saturated rings. The Morgan fingerprint density at radius 1 is 1.50 bits per heavy atom. The van der Waals surface area contributed by atoms with Crippen LogP contribution in [0.1, 0.15) is 35.7 Å². The van der Waals surface area contributed by atoms with E-state index in [4.69, 9.17) is 11.6 Å². The molecule has 0 heterocycles. The molecule has 1 atom stereocenters. The summed E-state index contributed by atoms with van der Waals surface area (Å²) in [4.78, 5) is 22.4. The van der Waals surface area contributed by atoms with Gasteiger partial charge in [-0.1, -0.05) is 19.4 Å².